The van der Waals surface area contributed by atoms with Crippen molar-refractivity contribution in [1.82, 2.24) is 4.98 Å². The first kappa shape index (κ1) is 11.0. The van der Waals surface area contributed by atoms with Crippen LogP contribution in [-0.4, -0.2) is 11.6 Å². The molecule has 0 unspecified atom stereocenters. The highest BCUT2D eigenvalue weighted by molar-refractivity contribution is 9.11. The van der Waals surface area contributed by atoms with Gasteiger partial charge in [0, 0.05) is 12.4 Å². The van der Waals surface area contributed by atoms with E-state index in [4.69, 9.17) is 4.74 Å². The third-order valence-electron chi connectivity index (χ3n) is 1.37. The Morgan fingerprint density at radius 3 is 2.31 bits per heavy atom. The summed E-state index contributed by atoms with van der Waals surface area (Å²) in [6.45, 7) is 4.94. The highest BCUT2D eigenvalue weighted by Gasteiger charge is 2.06. The summed E-state index contributed by atoms with van der Waals surface area (Å²) in [5, 5.41) is 0. The number of aromatic nitrogens is 1. The summed E-state index contributed by atoms with van der Waals surface area (Å²) >= 11 is 6.76. The number of hydrogen-bond donors (Lipinski definition) is 0. The zero-order valence-corrected chi connectivity index (χ0v) is 10.7. The molecule has 0 aromatic carbocycles. The molecule has 1 heterocycles. The lowest BCUT2D eigenvalue weighted by atomic mass is 10.2. The van der Waals surface area contributed by atoms with E-state index in [1.807, 2.05) is 0 Å². The molecule has 13 heavy (non-hydrogen) atoms. The van der Waals surface area contributed by atoms with Gasteiger partial charge < -0.3 is 4.74 Å². The first-order valence-corrected chi connectivity index (χ1v) is 5.61. The van der Waals surface area contributed by atoms with Gasteiger partial charge in [0.05, 0.1) is 15.6 Å². The Labute approximate surface area is 95.0 Å². The summed E-state index contributed by atoms with van der Waals surface area (Å²) in [5.74, 6) is 1.34. The van der Waals surface area contributed by atoms with Gasteiger partial charge in [-0.15, -0.1) is 0 Å². The molecule has 0 aliphatic rings. The molecule has 0 N–H and O–H groups in total. The van der Waals surface area contributed by atoms with Gasteiger partial charge in [-0.3, -0.25) is 4.98 Å². The van der Waals surface area contributed by atoms with Crippen LogP contribution < -0.4 is 4.74 Å². The zero-order valence-electron chi connectivity index (χ0n) is 7.55. The maximum Gasteiger partial charge on any atom is 0.150 e. The van der Waals surface area contributed by atoms with Crippen molar-refractivity contribution >= 4 is 31.9 Å². The third-order valence-corrected chi connectivity index (χ3v) is 2.50. The molecule has 0 amide bonds. The van der Waals surface area contributed by atoms with Crippen LogP contribution in [0.1, 0.15) is 13.8 Å². The first-order chi connectivity index (χ1) is 6.11. The molecule has 0 spiro atoms. The maximum absolute atomic E-state index is 5.60. The minimum Gasteiger partial charge on any atom is -0.491 e. The molecule has 0 saturated carbocycles. The van der Waals surface area contributed by atoms with E-state index in [0.29, 0.717) is 12.5 Å². The molecule has 0 atom stereocenters. The number of rotatable bonds is 3. The summed E-state index contributed by atoms with van der Waals surface area (Å²) in [6, 6.07) is 0. The molecule has 0 aliphatic carbocycles. The van der Waals surface area contributed by atoms with E-state index >= 15 is 0 Å². The molecule has 2 nitrogen and oxygen atoms in total. The molecule has 1 aromatic rings. The standard InChI is InChI=1S/C9H11Br2NO/c1-6(2)5-13-9-7(10)3-12-4-8(9)11/h3-4,6H,5H2,1-2H3. The van der Waals surface area contributed by atoms with Gasteiger partial charge >= 0.3 is 0 Å². The second-order valence-electron chi connectivity index (χ2n) is 3.14. The first-order valence-electron chi connectivity index (χ1n) is 4.03. The molecular weight excluding hydrogens is 298 g/mol. The van der Waals surface area contributed by atoms with Gasteiger partial charge in [0.2, 0.25) is 0 Å². The largest absolute Gasteiger partial charge is 0.491 e. The van der Waals surface area contributed by atoms with Crippen LogP contribution in [0.4, 0.5) is 0 Å². The molecule has 0 fully saturated rings. The molecule has 72 valence electrons. The van der Waals surface area contributed by atoms with Crippen molar-refractivity contribution in [3.8, 4) is 5.75 Å². The Bertz CT molecular complexity index is 269. The van der Waals surface area contributed by atoms with Crippen molar-refractivity contribution < 1.29 is 4.74 Å². The fourth-order valence-electron chi connectivity index (χ4n) is 0.787. The third kappa shape index (κ3) is 3.27. The van der Waals surface area contributed by atoms with Crippen molar-refractivity contribution in [2.24, 2.45) is 5.92 Å². The van der Waals surface area contributed by atoms with Crippen molar-refractivity contribution in [3.63, 3.8) is 0 Å². The Morgan fingerprint density at radius 2 is 1.85 bits per heavy atom. The van der Waals surface area contributed by atoms with E-state index in [9.17, 15) is 0 Å². The number of nitrogens with zero attached hydrogens (tertiary/aromatic N) is 1. The van der Waals surface area contributed by atoms with E-state index < -0.39 is 0 Å². The van der Waals surface area contributed by atoms with Gasteiger partial charge in [0.15, 0.2) is 5.75 Å². The van der Waals surface area contributed by atoms with Crippen LogP contribution in [0.15, 0.2) is 21.3 Å². The van der Waals surface area contributed by atoms with Crippen molar-refractivity contribution in [1.29, 1.82) is 0 Å². The number of halogens is 2. The summed E-state index contributed by atoms with van der Waals surface area (Å²) in [4.78, 5) is 4.00. The number of ether oxygens (including phenoxy) is 1. The highest BCUT2D eigenvalue weighted by atomic mass is 79.9. The topological polar surface area (TPSA) is 22.1 Å². The molecular formula is C9H11Br2NO. The summed E-state index contributed by atoms with van der Waals surface area (Å²) in [5.41, 5.74) is 0. The predicted molar refractivity (Wildman–Crippen MR) is 60.0 cm³/mol. The molecule has 0 radical (unpaired) electrons. The average molecular weight is 309 g/mol. The maximum atomic E-state index is 5.60. The molecule has 0 bridgehead atoms. The molecule has 1 aromatic heterocycles. The van der Waals surface area contributed by atoms with Crippen LogP contribution >= 0.6 is 31.9 Å². The Hall–Kier alpha value is -0.0900. The molecule has 1 rings (SSSR count). The van der Waals surface area contributed by atoms with Gasteiger partial charge in [-0.25, -0.2) is 0 Å². The quantitative estimate of drug-likeness (QED) is 0.850. The van der Waals surface area contributed by atoms with Gasteiger partial charge in [-0.05, 0) is 37.8 Å². The summed E-state index contributed by atoms with van der Waals surface area (Å²) in [6.07, 6.45) is 3.45. The Balaban J connectivity index is 2.75. The lowest BCUT2D eigenvalue weighted by Crippen LogP contribution is -2.05. The molecule has 0 aliphatic heterocycles. The van der Waals surface area contributed by atoms with Crippen LogP contribution in [0.2, 0.25) is 0 Å². The predicted octanol–water partition coefficient (Wildman–Crippen LogP) is 3.64. The second kappa shape index (κ2) is 4.96. The van der Waals surface area contributed by atoms with Gasteiger partial charge in [-0.1, -0.05) is 13.8 Å². The lowest BCUT2D eigenvalue weighted by molar-refractivity contribution is 0.267. The fourth-order valence-corrected chi connectivity index (χ4v) is 1.95. The SMILES string of the molecule is CC(C)COc1c(Br)cncc1Br. The Kier molecular flexibility index (Phi) is 4.19. The minimum atomic E-state index is 0.520. The Morgan fingerprint density at radius 1 is 1.31 bits per heavy atom. The minimum absolute atomic E-state index is 0.520. The summed E-state index contributed by atoms with van der Waals surface area (Å²) < 4.78 is 7.35. The van der Waals surface area contributed by atoms with Crippen molar-refractivity contribution in [2.45, 2.75) is 13.8 Å². The van der Waals surface area contributed by atoms with Crippen molar-refractivity contribution in [2.75, 3.05) is 6.61 Å². The van der Waals surface area contributed by atoms with E-state index in [-0.39, 0.29) is 0 Å². The van der Waals surface area contributed by atoms with Gasteiger partial charge in [0.1, 0.15) is 0 Å². The van der Waals surface area contributed by atoms with E-state index in [1.54, 1.807) is 12.4 Å². The summed E-state index contributed by atoms with van der Waals surface area (Å²) in [7, 11) is 0. The molecule has 4 heteroatoms. The van der Waals surface area contributed by atoms with Gasteiger partial charge in [0.25, 0.3) is 0 Å². The van der Waals surface area contributed by atoms with Crippen LogP contribution in [0.3, 0.4) is 0 Å². The van der Waals surface area contributed by atoms with Gasteiger partial charge in [-0.2, -0.15) is 0 Å². The molecule has 0 saturated heterocycles. The van der Waals surface area contributed by atoms with E-state index in [1.165, 1.54) is 0 Å². The lowest BCUT2D eigenvalue weighted by Gasteiger charge is -2.11. The monoisotopic (exact) mass is 307 g/mol. The number of pyridine rings is 1. The van der Waals surface area contributed by atoms with E-state index in [2.05, 4.69) is 50.7 Å². The van der Waals surface area contributed by atoms with Crippen LogP contribution in [-0.2, 0) is 0 Å². The smallest absolute Gasteiger partial charge is 0.150 e. The van der Waals surface area contributed by atoms with Crippen LogP contribution in [0.5, 0.6) is 5.75 Å². The van der Waals surface area contributed by atoms with Crippen LogP contribution in [0, 0.1) is 5.92 Å². The van der Waals surface area contributed by atoms with E-state index in [0.717, 1.165) is 14.7 Å². The second-order valence-corrected chi connectivity index (χ2v) is 4.85. The van der Waals surface area contributed by atoms with Crippen LogP contribution in [0.25, 0.3) is 0 Å². The number of hydrogen-bond acceptors (Lipinski definition) is 2. The zero-order chi connectivity index (χ0) is 9.84. The fraction of sp³-hybridized carbons (Fsp3) is 0.444. The highest BCUT2D eigenvalue weighted by Crippen LogP contribution is 2.32. The normalized spacial score (nSPS) is 10.5. The van der Waals surface area contributed by atoms with Crippen molar-refractivity contribution in [3.05, 3.63) is 21.3 Å². The average Bonchev–Trinajstić information content (AvgIpc) is 2.03.